The quantitative estimate of drug-likeness (QED) is 0.437. The lowest BCUT2D eigenvalue weighted by atomic mass is 10.1. The van der Waals surface area contributed by atoms with E-state index in [1.165, 1.54) is 6.07 Å². The Morgan fingerprint density at radius 2 is 1.40 bits per heavy atom. The van der Waals surface area contributed by atoms with Crippen LogP contribution in [0.1, 0.15) is 21.7 Å². The number of nitrogens with zero attached hydrogens (tertiary/aromatic N) is 1. The Labute approximate surface area is 173 Å². The maximum absolute atomic E-state index is 11.1. The molecular formula is C24H19NO5. The van der Waals surface area contributed by atoms with Gasteiger partial charge >= 0.3 is 5.97 Å². The molecule has 4 aromatic rings. The molecular weight excluding hydrogens is 382 g/mol. The van der Waals surface area contributed by atoms with Crippen LogP contribution < -0.4 is 9.47 Å². The number of hydrogen-bond donors (Lipinski definition) is 1. The van der Waals surface area contributed by atoms with Crippen LogP contribution in [-0.2, 0) is 13.2 Å². The average Bonchev–Trinajstić information content (AvgIpc) is 3.29. The van der Waals surface area contributed by atoms with E-state index in [0.717, 1.165) is 11.1 Å². The van der Waals surface area contributed by atoms with Crippen molar-refractivity contribution in [3.05, 3.63) is 102 Å². The molecule has 0 amide bonds. The van der Waals surface area contributed by atoms with Crippen LogP contribution in [0, 0.1) is 0 Å². The summed E-state index contributed by atoms with van der Waals surface area (Å²) in [6.45, 7) is 0.764. The molecule has 0 saturated heterocycles. The lowest BCUT2D eigenvalue weighted by Gasteiger charge is -2.14. The third kappa shape index (κ3) is 4.67. The van der Waals surface area contributed by atoms with Crippen LogP contribution in [0.15, 0.2) is 89.5 Å². The van der Waals surface area contributed by atoms with Crippen LogP contribution in [0.3, 0.4) is 0 Å². The molecule has 6 heteroatoms. The smallest absolute Gasteiger partial charge is 0.374 e. The molecule has 1 N–H and O–H groups in total. The highest BCUT2D eigenvalue weighted by Gasteiger charge is 2.15. The Kier molecular flexibility index (Phi) is 5.75. The minimum atomic E-state index is -1.17. The van der Waals surface area contributed by atoms with E-state index < -0.39 is 5.97 Å². The zero-order valence-corrected chi connectivity index (χ0v) is 16.0. The minimum absolute atomic E-state index is 0.221. The maximum atomic E-state index is 11.1. The van der Waals surface area contributed by atoms with Crippen molar-refractivity contribution in [3.63, 3.8) is 0 Å². The van der Waals surface area contributed by atoms with Gasteiger partial charge in [0.05, 0.1) is 0 Å². The molecule has 1 heterocycles. The summed E-state index contributed by atoms with van der Waals surface area (Å²) in [5.74, 6) is -0.272. The summed E-state index contributed by atoms with van der Waals surface area (Å²) >= 11 is 0. The summed E-state index contributed by atoms with van der Waals surface area (Å²) in [5, 5.41) is 12.9. The minimum Gasteiger partial charge on any atom is -0.485 e. The van der Waals surface area contributed by atoms with Gasteiger partial charge in [0.25, 0.3) is 0 Å². The third-order valence-electron chi connectivity index (χ3n) is 4.43. The molecule has 0 atom stereocenters. The Morgan fingerprint density at radius 1 is 0.800 bits per heavy atom. The van der Waals surface area contributed by atoms with Gasteiger partial charge in [0.15, 0.2) is 11.5 Å². The largest absolute Gasteiger partial charge is 0.485 e. The van der Waals surface area contributed by atoms with E-state index in [1.807, 2.05) is 60.7 Å². The zero-order chi connectivity index (χ0) is 20.8. The molecule has 0 spiro atoms. The van der Waals surface area contributed by atoms with Crippen LogP contribution in [0.2, 0.25) is 0 Å². The number of aromatic carboxylic acids is 1. The number of ether oxygens (including phenoxy) is 2. The molecule has 0 saturated carbocycles. The molecule has 0 aliphatic carbocycles. The van der Waals surface area contributed by atoms with E-state index in [9.17, 15) is 4.79 Å². The highest BCUT2D eigenvalue weighted by atomic mass is 16.5. The molecule has 3 aromatic carbocycles. The highest BCUT2D eigenvalue weighted by molar-refractivity contribution is 5.85. The van der Waals surface area contributed by atoms with Crippen LogP contribution in [0.4, 0.5) is 0 Å². The van der Waals surface area contributed by atoms with Gasteiger partial charge < -0.3 is 19.1 Å². The Morgan fingerprint density at radius 3 is 1.97 bits per heavy atom. The van der Waals surface area contributed by atoms with Gasteiger partial charge in [0.2, 0.25) is 5.76 Å². The first kappa shape index (κ1) is 19.3. The van der Waals surface area contributed by atoms with Crippen molar-refractivity contribution < 1.29 is 23.9 Å². The van der Waals surface area contributed by atoms with Crippen molar-refractivity contribution in [2.45, 2.75) is 13.2 Å². The number of carboxylic acids is 1. The fourth-order valence-corrected chi connectivity index (χ4v) is 2.88. The van der Waals surface area contributed by atoms with Gasteiger partial charge in [0, 0.05) is 11.6 Å². The molecule has 0 aliphatic rings. The van der Waals surface area contributed by atoms with Crippen molar-refractivity contribution in [3.8, 4) is 22.8 Å². The number of rotatable bonds is 8. The third-order valence-corrected chi connectivity index (χ3v) is 4.43. The zero-order valence-electron chi connectivity index (χ0n) is 16.0. The second kappa shape index (κ2) is 8.96. The number of hydrogen-bond acceptors (Lipinski definition) is 5. The first-order chi connectivity index (χ1) is 14.7. The topological polar surface area (TPSA) is 81.8 Å². The van der Waals surface area contributed by atoms with E-state index in [-0.39, 0.29) is 5.76 Å². The van der Waals surface area contributed by atoms with Crippen molar-refractivity contribution in [2.24, 2.45) is 0 Å². The van der Waals surface area contributed by atoms with Gasteiger partial charge in [-0.2, -0.15) is 0 Å². The second-order valence-corrected chi connectivity index (χ2v) is 6.59. The van der Waals surface area contributed by atoms with E-state index in [2.05, 4.69) is 5.16 Å². The summed E-state index contributed by atoms with van der Waals surface area (Å²) in [5.41, 5.74) is 3.14. The van der Waals surface area contributed by atoms with Crippen LogP contribution in [0.5, 0.6) is 11.5 Å². The van der Waals surface area contributed by atoms with E-state index in [0.29, 0.717) is 36.0 Å². The van der Waals surface area contributed by atoms with Gasteiger partial charge in [0.1, 0.15) is 18.9 Å². The fourth-order valence-electron chi connectivity index (χ4n) is 2.88. The van der Waals surface area contributed by atoms with Crippen LogP contribution in [0.25, 0.3) is 11.3 Å². The normalized spacial score (nSPS) is 10.5. The molecule has 1 aromatic heterocycles. The van der Waals surface area contributed by atoms with Gasteiger partial charge in [-0.05, 0) is 29.3 Å². The Hall–Kier alpha value is -4.06. The van der Waals surface area contributed by atoms with Crippen LogP contribution in [-0.4, -0.2) is 16.2 Å². The second-order valence-electron chi connectivity index (χ2n) is 6.59. The molecule has 4 rings (SSSR count). The van der Waals surface area contributed by atoms with Crippen molar-refractivity contribution in [1.82, 2.24) is 5.16 Å². The van der Waals surface area contributed by atoms with Crippen molar-refractivity contribution in [1.29, 1.82) is 0 Å². The first-order valence-corrected chi connectivity index (χ1v) is 9.37. The highest BCUT2D eigenvalue weighted by Crippen LogP contribution is 2.34. The van der Waals surface area contributed by atoms with Gasteiger partial charge in [-0.3, -0.25) is 0 Å². The predicted octanol–water partition coefficient (Wildman–Crippen LogP) is 5.20. The number of aromatic nitrogens is 1. The van der Waals surface area contributed by atoms with Crippen molar-refractivity contribution >= 4 is 5.97 Å². The summed E-state index contributed by atoms with van der Waals surface area (Å²) < 4.78 is 16.9. The predicted molar refractivity (Wildman–Crippen MR) is 110 cm³/mol. The fraction of sp³-hybridized carbons (Fsp3) is 0.0833. The summed E-state index contributed by atoms with van der Waals surface area (Å²) in [4.78, 5) is 11.1. The average molecular weight is 401 g/mol. The Bertz CT molecular complexity index is 1120. The monoisotopic (exact) mass is 401 g/mol. The number of carbonyl (C=O) groups is 1. The molecule has 150 valence electrons. The Balaban J connectivity index is 1.59. The van der Waals surface area contributed by atoms with Gasteiger partial charge in [-0.1, -0.05) is 65.8 Å². The molecule has 30 heavy (non-hydrogen) atoms. The van der Waals surface area contributed by atoms with E-state index >= 15 is 0 Å². The molecule has 0 unspecified atom stereocenters. The van der Waals surface area contributed by atoms with Gasteiger partial charge in [-0.15, -0.1) is 0 Å². The maximum Gasteiger partial charge on any atom is 0.374 e. The van der Waals surface area contributed by atoms with E-state index in [1.54, 1.807) is 18.2 Å². The first-order valence-electron chi connectivity index (χ1n) is 9.37. The SMILES string of the molecule is O=C(O)c1cc(-c2ccc(OCc3ccccc3)c(OCc3ccccc3)c2)no1. The molecule has 0 fully saturated rings. The molecule has 0 bridgehead atoms. The van der Waals surface area contributed by atoms with E-state index in [4.69, 9.17) is 19.1 Å². The van der Waals surface area contributed by atoms with Gasteiger partial charge in [-0.25, -0.2) is 4.79 Å². The van der Waals surface area contributed by atoms with Crippen LogP contribution >= 0.6 is 0 Å². The lowest BCUT2D eigenvalue weighted by Crippen LogP contribution is -2.01. The number of carboxylic acid groups (broad SMARTS) is 1. The standard InChI is InChI=1S/C24H19NO5/c26-24(27)23-14-20(25-30-23)19-11-12-21(28-15-17-7-3-1-4-8-17)22(13-19)29-16-18-9-5-2-6-10-18/h1-14H,15-16H2,(H,26,27). The lowest BCUT2D eigenvalue weighted by molar-refractivity contribution is 0.0652. The summed E-state index contributed by atoms with van der Waals surface area (Å²) in [7, 11) is 0. The molecule has 6 nitrogen and oxygen atoms in total. The van der Waals surface area contributed by atoms with Crippen molar-refractivity contribution in [2.75, 3.05) is 0 Å². The molecule has 0 radical (unpaired) electrons. The summed E-state index contributed by atoms with van der Waals surface area (Å²) in [6.07, 6.45) is 0. The molecule has 0 aliphatic heterocycles. The number of benzene rings is 3. The summed E-state index contributed by atoms with van der Waals surface area (Å²) in [6, 6.07) is 26.4.